The van der Waals surface area contributed by atoms with E-state index < -0.39 is 11.7 Å². The maximum atomic E-state index is 12.6. The first-order chi connectivity index (χ1) is 10.9. The van der Waals surface area contributed by atoms with E-state index in [9.17, 15) is 13.2 Å². The fraction of sp³-hybridized carbons (Fsp3) is 0.467. The van der Waals surface area contributed by atoms with Crippen molar-refractivity contribution in [3.05, 3.63) is 42.4 Å². The topological polar surface area (TPSA) is 37.2 Å². The Kier molecular flexibility index (Phi) is 4.25. The van der Waals surface area contributed by atoms with E-state index in [0.717, 1.165) is 31.9 Å². The lowest BCUT2D eigenvalue weighted by molar-refractivity contribution is -0.137. The summed E-state index contributed by atoms with van der Waals surface area (Å²) < 4.78 is 39.7. The van der Waals surface area contributed by atoms with Crippen molar-refractivity contribution < 1.29 is 13.2 Å². The summed E-state index contributed by atoms with van der Waals surface area (Å²) in [7, 11) is 0. The second-order valence-electron chi connectivity index (χ2n) is 5.71. The van der Waals surface area contributed by atoms with Crippen molar-refractivity contribution in [2.45, 2.75) is 25.8 Å². The van der Waals surface area contributed by atoms with Crippen LogP contribution < -0.4 is 4.90 Å². The van der Waals surface area contributed by atoms with Gasteiger partial charge in [0.1, 0.15) is 5.82 Å². The van der Waals surface area contributed by atoms with E-state index in [0.29, 0.717) is 12.5 Å². The van der Waals surface area contributed by atoms with Crippen LogP contribution in [-0.2, 0) is 12.8 Å². The van der Waals surface area contributed by atoms with Crippen LogP contribution in [-0.4, -0.2) is 45.3 Å². The lowest BCUT2D eigenvalue weighted by Gasteiger charge is -2.40. The molecule has 1 aliphatic rings. The molecule has 1 unspecified atom stereocenters. The summed E-state index contributed by atoms with van der Waals surface area (Å²) in [6, 6.07) is 4.59. The number of piperazine rings is 1. The van der Waals surface area contributed by atoms with E-state index in [1.54, 1.807) is 6.20 Å². The van der Waals surface area contributed by atoms with Crippen molar-refractivity contribution in [3.8, 4) is 0 Å². The fourth-order valence-electron chi connectivity index (χ4n) is 2.81. The second kappa shape index (κ2) is 6.19. The third-order valence-electron chi connectivity index (χ3n) is 3.99. The molecule has 1 fully saturated rings. The average molecular weight is 325 g/mol. The molecule has 1 aliphatic heterocycles. The average Bonchev–Trinajstić information content (AvgIpc) is 3.00. The molecule has 0 saturated carbocycles. The lowest BCUT2D eigenvalue weighted by atomic mass is 10.2. The fourth-order valence-corrected chi connectivity index (χ4v) is 2.81. The summed E-state index contributed by atoms with van der Waals surface area (Å²) in [4.78, 5) is 8.29. The maximum absolute atomic E-state index is 12.6. The first-order valence-corrected chi connectivity index (χ1v) is 7.43. The molecule has 0 aromatic carbocycles. The second-order valence-corrected chi connectivity index (χ2v) is 5.71. The first-order valence-electron chi connectivity index (χ1n) is 7.43. The molecule has 2 aromatic heterocycles. The van der Waals surface area contributed by atoms with Gasteiger partial charge in [-0.15, -0.1) is 0 Å². The van der Waals surface area contributed by atoms with Gasteiger partial charge < -0.3 is 4.90 Å². The Balaban J connectivity index is 1.64. The normalized spacial score (nSPS) is 20.0. The number of anilines is 1. The Morgan fingerprint density at radius 2 is 2.09 bits per heavy atom. The Morgan fingerprint density at radius 1 is 1.26 bits per heavy atom. The lowest BCUT2D eigenvalue weighted by Crippen LogP contribution is -2.52. The number of alkyl halides is 3. The highest BCUT2D eigenvalue weighted by molar-refractivity contribution is 5.41. The molecule has 0 aliphatic carbocycles. The Bertz CT molecular complexity index is 624. The van der Waals surface area contributed by atoms with Crippen LogP contribution in [0.15, 0.2) is 36.8 Å². The summed E-state index contributed by atoms with van der Waals surface area (Å²) in [6.45, 7) is 5.11. The zero-order chi connectivity index (χ0) is 16.4. The van der Waals surface area contributed by atoms with Gasteiger partial charge in [-0.1, -0.05) is 0 Å². The highest BCUT2D eigenvalue weighted by Crippen LogP contribution is 2.30. The van der Waals surface area contributed by atoms with Gasteiger partial charge in [-0.05, 0) is 25.1 Å². The van der Waals surface area contributed by atoms with Crippen LogP contribution in [0.25, 0.3) is 0 Å². The number of pyridine rings is 1. The van der Waals surface area contributed by atoms with Gasteiger partial charge in [0.15, 0.2) is 0 Å². The van der Waals surface area contributed by atoms with Crippen LogP contribution >= 0.6 is 0 Å². The minimum Gasteiger partial charge on any atom is -0.351 e. The number of rotatable bonds is 3. The Labute approximate surface area is 132 Å². The first kappa shape index (κ1) is 15.8. The van der Waals surface area contributed by atoms with Crippen LogP contribution in [0.3, 0.4) is 0 Å². The Hall–Kier alpha value is -2.09. The highest BCUT2D eigenvalue weighted by Gasteiger charge is 2.31. The van der Waals surface area contributed by atoms with Crippen molar-refractivity contribution >= 4 is 5.82 Å². The van der Waals surface area contributed by atoms with E-state index in [1.165, 1.54) is 6.07 Å². The van der Waals surface area contributed by atoms with Crippen molar-refractivity contribution in [1.82, 2.24) is 19.7 Å². The molecule has 0 spiro atoms. The predicted octanol–water partition coefficient (Wildman–Crippen LogP) is 2.47. The van der Waals surface area contributed by atoms with Gasteiger partial charge >= 0.3 is 6.18 Å². The monoisotopic (exact) mass is 325 g/mol. The molecule has 0 amide bonds. The van der Waals surface area contributed by atoms with Crippen molar-refractivity contribution in [1.29, 1.82) is 0 Å². The zero-order valence-corrected chi connectivity index (χ0v) is 12.7. The standard InChI is InChI=1S/C15H18F3N5/c1-12-10-21(11-22-6-2-5-20-22)7-8-23(12)14-4-3-13(9-19-14)15(16,17)18/h2-6,9,12H,7-8,10-11H2,1H3. The molecule has 1 atom stereocenters. The maximum Gasteiger partial charge on any atom is 0.417 e. The van der Waals surface area contributed by atoms with Crippen molar-refractivity contribution in [2.75, 3.05) is 24.5 Å². The molecule has 0 N–H and O–H groups in total. The number of hydrogen-bond acceptors (Lipinski definition) is 4. The van der Waals surface area contributed by atoms with Gasteiger partial charge in [0, 0.05) is 44.3 Å². The zero-order valence-electron chi connectivity index (χ0n) is 12.7. The van der Waals surface area contributed by atoms with Gasteiger partial charge in [-0.25, -0.2) is 4.98 Å². The number of nitrogens with zero attached hydrogens (tertiary/aromatic N) is 5. The molecule has 0 radical (unpaired) electrons. The van der Waals surface area contributed by atoms with Gasteiger partial charge in [0.25, 0.3) is 0 Å². The SMILES string of the molecule is CC1CN(Cn2cccn2)CCN1c1ccc(C(F)(F)F)cn1. The molecule has 1 saturated heterocycles. The Morgan fingerprint density at radius 3 is 2.65 bits per heavy atom. The van der Waals surface area contributed by atoms with Gasteiger partial charge in [-0.2, -0.15) is 18.3 Å². The molecular formula is C15H18F3N5. The number of aromatic nitrogens is 3. The molecule has 23 heavy (non-hydrogen) atoms. The van der Waals surface area contributed by atoms with Crippen LogP contribution in [0.1, 0.15) is 12.5 Å². The van der Waals surface area contributed by atoms with E-state index in [1.807, 2.05) is 21.8 Å². The third kappa shape index (κ3) is 3.64. The van der Waals surface area contributed by atoms with E-state index in [4.69, 9.17) is 0 Å². The largest absolute Gasteiger partial charge is 0.417 e. The van der Waals surface area contributed by atoms with Crippen LogP contribution in [0.2, 0.25) is 0 Å². The predicted molar refractivity (Wildman–Crippen MR) is 79.8 cm³/mol. The van der Waals surface area contributed by atoms with Gasteiger partial charge in [0.05, 0.1) is 12.2 Å². The summed E-state index contributed by atoms with van der Waals surface area (Å²) in [6.07, 6.45) is 0.206. The van der Waals surface area contributed by atoms with Crippen LogP contribution in [0.4, 0.5) is 19.0 Å². The summed E-state index contributed by atoms with van der Waals surface area (Å²) in [5.41, 5.74) is -0.716. The summed E-state index contributed by atoms with van der Waals surface area (Å²) >= 11 is 0. The molecule has 0 bridgehead atoms. The molecule has 2 aromatic rings. The molecule has 5 nitrogen and oxygen atoms in total. The number of hydrogen-bond donors (Lipinski definition) is 0. The van der Waals surface area contributed by atoms with Crippen LogP contribution in [0, 0.1) is 0 Å². The molecule has 8 heteroatoms. The summed E-state index contributed by atoms with van der Waals surface area (Å²) in [5.74, 6) is 0.587. The van der Waals surface area contributed by atoms with E-state index >= 15 is 0 Å². The molecule has 124 valence electrons. The van der Waals surface area contributed by atoms with Gasteiger partial charge in [0.2, 0.25) is 0 Å². The molecule has 3 heterocycles. The van der Waals surface area contributed by atoms with Crippen molar-refractivity contribution in [3.63, 3.8) is 0 Å². The molecular weight excluding hydrogens is 307 g/mol. The van der Waals surface area contributed by atoms with E-state index in [-0.39, 0.29) is 6.04 Å². The van der Waals surface area contributed by atoms with Crippen molar-refractivity contribution in [2.24, 2.45) is 0 Å². The van der Waals surface area contributed by atoms with E-state index in [2.05, 4.69) is 21.9 Å². The highest BCUT2D eigenvalue weighted by atomic mass is 19.4. The van der Waals surface area contributed by atoms with Gasteiger partial charge in [-0.3, -0.25) is 9.58 Å². The third-order valence-corrected chi connectivity index (χ3v) is 3.99. The summed E-state index contributed by atoms with van der Waals surface area (Å²) in [5, 5.41) is 4.19. The van der Waals surface area contributed by atoms with Crippen LogP contribution in [0.5, 0.6) is 0 Å². The smallest absolute Gasteiger partial charge is 0.351 e. The number of halogens is 3. The minimum atomic E-state index is -4.35. The quantitative estimate of drug-likeness (QED) is 0.869. The minimum absolute atomic E-state index is 0.170. The molecule has 3 rings (SSSR count).